The molecule has 3 aliphatic heterocycles. The van der Waals surface area contributed by atoms with Crippen molar-refractivity contribution in [3.63, 3.8) is 0 Å². The second-order valence-corrected chi connectivity index (χ2v) is 8.00. The minimum absolute atomic E-state index is 0. The van der Waals surface area contributed by atoms with Crippen molar-refractivity contribution in [2.45, 2.75) is 0 Å². The van der Waals surface area contributed by atoms with E-state index in [0.717, 1.165) is 51.4 Å². The standard InChI is InChI=1S/C26H21N5.ClH/c1-31-10-8-17(9-11-31)25-15-24-14-22-5-4-20(28-22)12-18-2-3-19(27-18)13-21-6-7-23(29-21)16-26(25)30-24;/h2-10,12-16,28,30H,11H2,1H3;1H. The van der Waals surface area contributed by atoms with Crippen LogP contribution in [-0.2, 0) is 0 Å². The van der Waals surface area contributed by atoms with Gasteiger partial charge in [0.05, 0.1) is 22.8 Å². The van der Waals surface area contributed by atoms with Gasteiger partial charge in [-0.25, -0.2) is 9.97 Å². The monoisotopic (exact) mass is 439 g/mol. The van der Waals surface area contributed by atoms with Gasteiger partial charge in [0.15, 0.2) is 0 Å². The van der Waals surface area contributed by atoms with E-state index in [1.54, 1.807) is 0 Å². The molecular weight excluding hydrogens is 418 g/mol. The molecule has 3 aliphatic rings. The lowest BCUT2D eigenvalue weighted by molar-refractivity contribution is 0.506. The van der Waals surface area contributed by atoms with Gasteiger partial charge in [-0.15, -0.1) is 12.4 Å². The average molecular weight is 440 g/mol. The molecule has 0 atom stereocenters. The fourth-order valence-electron chi connectivity index (χ4n) is 4.04. The quantitative estimate of drug-likeness (QED) is 0.341. The van der Waals surface area contributed by atoms with E-state index in [0.29, 0.717) is 0 Å². The number of likely N-dealkylation sites (N-methyl/N-ethyl adjacent to an activating group) is 1. The highest BCUT2D eigenvalue weighted by Crippen LogP contribution is 2.26. The van der Waals surface area contributed by atoms with E-state index in [1.165, 1.54) is 11.1 Å². The van der Waals surface area contributed by atoms with Crippen molar-refractivity contribution < 1.29 is 0 Å². The lowest BCUT2D eigenvalue weighted by Crippen LogP contribution is -2.13. The Labute approximate surface area is 192 Å². The van der Waals surface area contributed by atoms with Crippen LogP contribution >= 0.6 is 12.4 Å². The van der Waals surface area contributed by atoms with Crippen LogP contribution in [0.1, 0.15) is 28.3 Å². The zero-order valence-electron chi connectivity index (χ0n) is 17.5. The third kappa shape index (κ3) is 3.90. The first-order valence-corrected chi connectivity index (χ1v) is 10.4. The molecule has 8 bridgehead atoms. The first-order chi connectivity index (χ1) is 15.2. The summed E-state index contributed by atoms with van der Waals surface area (Å²) < 4.78 is 0. The molecule has 158 valence electrons. The van der Waals surface area contributed by atoms with Crippen molar-refractivity contribution in [1.29, 1.82) is 0 Å². The molecule has 0 fully saturated rings. The maximum absolute atomic E-state index is 4.77. The summed E-state index contributed by atoms with van der Waals surface area (Å²) >= 11 is 0. The third-order valence-electron chi connectivity index (χ3n) is 5.59. The molecule has 6 heterocycles. The summed E-state index contributed by atoms with van der Waals surface area (Å²) in [6.07, 6.45) is 14.7. The van der Waals surface area contributed by atoms with Gasteiger partial charge in [0.25, 0.3) is 0 Å². The molecule has 0 spiro atoms. The first kappa shape index (κ1) is 20.1. The smallest absolute Gasteiger partial charge is 0.0659 e. The van der Waals surface area contributed by atoms with Crippen molar-refractivity contribution in [3.05, 3.63) is 89.2 Å². The lowest BCUT2D eigenvalue weighted by atomic mass is 10.0. The maximum atomic E-state index is 4.77. The average Bonchev–Trinajstić information content (AvgIpc) is 3.54. The number of hydrogen-bond donors (Lipinski definition) is 2. The highest BCUT2D eigenvalue weighted by molar-refractivity contribution is 5.89. The van der Waals surface area contributed by atoms with E-state index >= 15 is 0 Å². The molecule has 0 unspecified atom stereocenters. The number of nitrogens with one attached hydrogen (secondary N) is 2. The van der Waals surface area contributed by atoms with Crippen LogP contribution in [0.4, 0.5) is 0 Å². The normalized spacial score (nSPS) is 14.4. The summed E-state index contributed by atoms with van der Waals surface area (Å²) in [7, 11) is 2.08. The summed E-state index contributed by atoms with van der Waals surface area (Å²) in [4.78, 5) is 18.7. The van der Waals surface area contributed by atoms with E-state index in [4.69, 9.17) is 4.98 Å². The van der Waals surface area contributed by atoms with Gasteiger partial charge >= 0.3 is 0 Å². The maximum Gasteiger partial charge on any atom is 0.0659 e. The molecule has 3 aromatic rings. The fourth-order valence-corrected chi connectivity index (χ4v) is 4.04. The Morgan fingerprint density at radius 1 is 0.719 bits per heavy atom. The zero-order valence-corrected chi connectivity index (χ0v) is 18.4. The second kappa shape index (κ2) is 8.02. The van der Waals surface area contributed by atoms with Gasteiger partial charge in [0.2, 0.25) is 0 Å². The molecule has 0 saturated carbocycles. The van der Waals surface area contributed by atoms with Crippen LogP contribution in [0.15, 0.2) is 60.8 Å². The van der Waals surface area contributed by atoms with Crippen molar-refractivity contribution >= 4 is 64.4 Å². The molecule has 2 N–H and O–H groups in total. The summed E-state index contributed by atoms with van der Waals surface area (Å²) in [6.45, 7) is 0.896. The minimum atomic E-state index is 0. The highest BCUT2D eigenvalue weighted by Gasteiger charge is 2.09. The van der Waals surface area contributed by atoms with Gasteiger partial charge < -0.3 is 14.9 Å². The van der Waals surface area contributed by atoms with Crippen LogP contribution in [0.3, 0.4) is 0 Å². The number of rotatable bonds is 1. The lowest BCUT2D eigenvalue weighted by Gasteiger charge is -2.16. The van der Waals surface area contributed by atoms with Crippen LogP contribution in [0.25, 0.3) is 51.9 Å². The van der Waals surface area contributed by atoms with Gasteiger partial charge in [0.1, 0.15) is 0 Å². The number of aromatic nitrogens is 4. The van der Waals surface area contributed by atoms with E-state index in [9.17, 15) is 0 Å². The van der Waals surface area contributed by atoms with E-state index in [2.05, 4.69) is 81.6 Å². The van der Waals surface area contributed by atoms with Crippen molar-refractivity contribution in [1.82, 2.24) is 24.8 Å². The predicted octanol–water partition coefficient (Wildman–Crippen LogP) is 5.92. The summed E-state index contributed by atoms with van der Waals surface area (Å²) in [5.41, 5.74) is 10.2. The highest BCUT2D eigenvalue weighted by atomic mass is 35.5. The SMILES string of the molecule is CN1C=CC(c2cc3cc4ccc(cc5nc(cc6nc(cc2[nH]3)C=C6)C=C5)[nH]4)=CC1.Cl. The molecule has 5 nitrogen and oxygen atoms in total. The Morgan fingerprint density at radius 3 is 2.06 bits per heavy atom. The number of fused-ring (bicyclic) bond motifs is 8. The van der Waals surface area contributed by atoms with E-state index < -0.39 is 0 Å². The molecule has 32 heavy (non-hydrogen) atoms. The molecule has 0 saturated heterocycles. The Hall–Kier alpha value is -3.83. The number of hydrogen-bond acceptors (Lipinski definition) is 3. The molecule has 6 rings (SSSR count). The van der Waals surface area contributed by atoms with Gasteiger partial charge in [-0.2, -0.15) is 0 Å². The van der Waals surface area contributed by atoms with Crippen molar-refractivity contribution in [3.8, 4) is 0 Å². The molecule has 0 aromatic carbocycles. The fraction of sp³-hybridized carbons (Fsp3) is 0.0769. The van der Waals surface area contributed by atoms with Gasteiger partial charge in [0, 0.05) is 41.2 Å². The molecule has 0 amide bonds. The topological polar surface area (TPSA) is 60.6 Å². The van der Waals surface area contributed by atoms with Crippen LogP contribution < -0.4 is 0 Å². The number of aromatic amines is 2. The zero-order chi connectivity index (χ0) is 20.8. The van der Waals surface area contributed by atoms with Gasteiger partial charge in [-0.1, -0.05) is 6.08 Å². The summed E-state index contributed by atoms with van der Waals surface area (Å²) in [6, 6.07) is 14.7. The minimum Gasteiger partial charge on any atom is -0.377 e. The Balaban J connectivity index is 0.00000216. The van der Waals surface area contributed by atoms with E-state index in [-0.39, 0.29) is 12.4 Å². The van der Waals surface area contributed by atoms with Crippen LogP contribution in [0, 0.1) is 0 Å². The van der Waals surface area contributed by atoms with Crippen molar-refractivity contribution in [2.24, 2.45) is 0 Å². The third-order valence-corrected chi connectivity index (χ3v) is 5.59. The van der Waals surface area contributed by atoms with Crippen LogP contribution in [0.2, 0.25) is 0 Å². The predicted molar refractivity (Wildman–Crippen MR) is 136 cm³/mol. The number of nitrogens with zero attached hydrogens (tertiary/aromatic N) is 3. The molecule has 6 heteroatoms. The molecule has 3 aromatic heterocycles. The summed E-state index contributed by atoms with van der Waals surface area (Å²) in [5.74, 6) is 0. The summed E-state index contributed by atoms with van der Waals surface area (Å²) in [5, 5.41) is 0. The van der Waals surface area contributed by atoms with Gasteiger partial charge in [-0.05, 0) is 84.6 Å². The van der Waals surface area contributed by atoms with E-state index in [1.807, 2.05) is 30.4 Å². The largest absolute Gasteiger partial charge is 0.377 e. The van der Waals surface area contributed by atoms with Gasteiger partial charge in [-0.3, -0.25) is 0 Å². The Morgan fingerprint density at radius 2 is 1.38 bits per heavy atom. The second-order valence-electron chi connectivity index (χ2n) is 8.00. The Bertz CT molecular complexity index is 1480. The van der Waals surface area contributed by atoms with Crippen LogP contribution in [-0.4, -0.2) is 38.4 Å². The molecular formula is C26H22ClN5. The number of halogens is 1. The first-order valence-electron chi connectivity index (χ1n) is 10.4. The molecule has 0 aliphatic carbocycles. The van der Waals surface area contributed by atoms with Crippen molar-refractivity contribution in [2.75, 3.05) is 13.6 Å². The number of H-pyrrole nitrogens is 2. The number of allylic oxidation sites excluding steroid dienone is 2. The van der Waals surface area contributed by atoms with Crippen LogP contribution in [0.5, 0.6) is 0 Å². The molecule has 0 radical (unpaired) electrons. The Kier molecular flexibility index (Phi) is 5.04.